The van der Waals surface area contributed by atoms with Gasteiger partial charge in [0, 0.05) is 17.1 Å². The molecule has 0 fully saturated rings. The first-order valence-corrected chi connectivity index (χ1v) is 7.01. The van der Waals surface area contributed by atoms with Gasteiger partial charge in [0.1, 0.15) is 0 Å². The SMILES string of the molecule is CC(C)=CCCC(C)=CCc1c[nH]c2ccccc12. The Kier molecular flexibility index (Phi) is 4.62. The summed E-state index contributed by atoms with van der Waals surface area (Å²) in [7, 11) is 0. The van der Waals surface area contributed by atoms with Gasteiger partial charge in [-0.1, -0.05) is 41.5 Å². The molecule has 1 aromatic carbocycles. The summed E-state index contributed by atoms with van der Waals surface area (Å²) in [6.45, 7) is 6.55. The third-order valence-electron chi connectivity index (χ3n) is 3.44. The Hall–Kier alpha value is -1.76. The molecule has 0 atom stereocenters. The molecule has 0 radical (unpaired) electrons. The van der Waals surface area contributed by atoms with Crippen LogP contribution in [0, 0.1) is 0 Å². The lowest BCUT2D eigenvalue weighted by molar-refractivity contribution is 0.956. The van der Waals surface area contributed by atoms with Crippen LogP contribution in [0.3, 0.4) is 0 Å². The van der Waals surface area contributed by atoms with Crippen molar-refractivity contribution in [1.29, 1.82) is 0 Å². The molecule has 19 heavy (non-hydrogen) atoms. The highest BCUT2D eigenvalue weighted by Crippen LogP contribution is 2.19. The summed E-state index contributed by atoms with van der Waals surface area (Å²) < 4.78 is 0. The molecule has 0 saturated carbocycles. The Bertz CT molecular complexity index is 595. The fourth-order valence-corrected chi connectivity index (χ4v) is 2.28. The number of aromatic nitrogens is 1. The highest BCUT2D eigenvalue weighted by atomic mass is 14.7. The third-order valence-corrected chi connectivity index (χ3v) is 3.44. The van der Waals surface area contributed by atoms with E-state index in [-0.39, 0.29) is 0 Å². The Morgan fingerprint density at radius 2 is 1.89 bits per heavy atom. The molecule has 0 amide bonds. The van der Waals surface area contributed by atoms with Crippen molar-refractivity contribution in [3.8, 4) is 0 Å². The molecule has 1 aromatic heterocycles. The summed E-state index contributed by atoms with van der Waals surface area (Å²) in [5.41, 5.74) is 5.50. The molecule has 0 unspecified atom stereocenters. The van der Waals surface area contributed by atoms with Gasteiger partial charge < -0.3 is 4.98 Å². The molecule has 1 heterocycles. The van der Waals surface area contributed by atoms with Gasteiger partial charge >= 0.3 is 0 Å². The first-order valence-electron chi connectivity index (χ1n) is 7.01. The van der Waals surface area contributed by atoms with Crippen molar-refractivity contribution < 1.29 is 0 Å². The molecular weight excluding hydrogens is 230 g/mol. The quantitative estimate of drug-likeness (QED) is 0.686. The summed E-state index contributed by atoms with van der Waals surface area (Å²) in [5.74, 6) is 0. The lowest BCUT2D eigenvalue weighted by Gasteiger charge is -1.99. The average molecular weight is 253 g/mol. The molecule has 1 nitrogen and oxygen atoms in total. The Balaban J connectivity index is 1.99. The van der Waals surface area contributed by atoms with Gasteiger partial charge in [-0.15, -0.1) is 0 Å². The van der Waals surface area contributed by atoms with Crippen LogP contribution in [-0.4, -0.2) is 4.98 Å². The smallest absolute Gasteiger partial charge is 0.0456 e. The van der Waals surface area contributed by atoms with E-state index in [1.807, 2.05) is 0 Å². The number of hydrogen-bond donors (Lipinski definition) is 1. The second-order valence-corrected chi connectivity index (χ2v) is 5.43. The van der Waals surface area contributed by atoms with Crippen molar-refractivity contribution in [2.45, 2.75) is 40.0 Å². The molecule has 0 bridgehead atoms. The molecule has 0 aliphatic carbocycles. The van der Waals surface area contributed by atoms with Crippen LogP contribution in [0.4, 0.5) is 0 Å². The van der Waals surface area contributed by atoms with Gasteiger partial charge in [-0.05, 0) is 51.7 Å². The van der Waals surface area contributed by atoms with Gasteiger partial charge in [-0.25, -0.2) is 0 Å². The van der Waals surface area contributed by atoms with E-state index in [0.717, 1.165) is 19.3 Å². The van der Waals surface area contributed by atoms with Gasteiger partial charge in [0.2, 0.25) is 0 Å². The van der Waals surface area contributed by atoms with Crippen molar-refractivity contribution in [3.05, 3.63) is 59.3 Å². The highest BCUT2D eigenvalue weighted by Gasteiger charge is 2.00. The van der Waals surface area contributed by atoms with Gasteiger partial charge in [0.05, 0.1) is 0 Å². The lowest BCUT2D eigenvalue weighted by Crippen LogP contribution is -1.82. The zero-order valence-corrected chi connectivity index (χ0v) is 12.2. The maximum Gasteiger partial charge on any atom is 0.0456 e. The van der Waals surface area contributed by atoms with Crippen LogP contribution in [0.2, 0.25) is 0 Å². The van der Waals surface area contributed by atoms with Crippen LogP contribution in [0.5, 0.6) is 0 Å². The van der Waals surface area contributed by atoms with Crippen LogP contribution >= 0.6 is 0 Å². The standard InChI is InChI=1S/C18H23N/c1-14(2)7-6-8-15(3)11-12-16-13-19-18-10-5-4-9-17(16)18/h4-5,7,9-11,13,19H,6,8,12H2,1-3H3. The Morgan fingerprint density at radius 1 is 1.11 bits per heavy atom. The van der Waals surface area contributed by atoms with E-state index in [1.54, 1.807) is 0 Å². The second-order valence-electron chi connectivity index (χ2n) is 5.43. The first kappa shape index (κ1) is 13.7. The van der Waals surface area contributed by atoms with Gasteiger partial charge in [-0.3, -0.25) is 0 Å². The monoisotopic (exact) mass is 253 g/mol. The predicted molar refractivity (Wildman–Crippen MR) is 84.4 cm³/mol. The zero-order chi connectivity index (χ0) is 13.7. The molecular formula is C18H23N. The van der Waals surface area contributed by atoms with E-state index in [0.29, 0.717) is 0 Å². The van der Waals surface area contributed by atoms with Gasteiger partial charge in [-0.2, -0.15) is 0 Å². The molecule has 0 spiro atoms. The zero-order valence-electron chi connectivity index (χ0n) is 12.2. The average Bonchev–Trinajstić information content (AvgIpc) is 2.79. The summed E-state index contributed by atoms with van der Waals surface area (Å²) >= 11 is 0. The molecule has 2 aromatic rings. The maximum atomic E-state index is 3.33. The van der Waals surface area contributed by atoms with Crippen LogP contribution in [0.1, 0.15) is 39.2 Å². The molecule has 100 valence electrons. The molecule has 0 aliphatic rings. The normalized spacial score (nSPS) is 11.8. The summed E-state index contributed by atoms with van der Waals surface area (Å²) in [4.78, 5) is 3.33. The van der Waals surface area contributed by atoms with Crippen molar-refractivity contribution >= 4 is 10.9 Å². The molecule has 0 aliphatic heterocycles. The van der Waals surface area contributed by atoms with Crippen LogP contribution in [-0.2, 0) is 6.42 Å². The minimum Gasteiger partial charge on any atom is -0.361 e. The van der Waals surface area contributed by atoms with Gasteiger partial charge in [0.15, 0.2) is 0 Å². The van der Waals surface area contributed by atoms with Crippen LogP contribution in [0.15, 0.2) is 53.8 Å². The van der Waals surface area contributed by atoms with E-state index in [4.69, 9.17) is 0 Å². The largest absolute Gasteiger partial charge is 0.361 e. The minimum atomic E-state index is 1.02. The predicted octanol–water partition coefficient (Wildman–Crippen LogP) is 5.40. The first-order chi connectivity index (χ1) is 9.16. The number of aromatic amines is 1. The molecule has 0 saturated heterocycles. The fraction of sp³-hybridized carbons (Fsp3) is 0.333. The van der Waals surface area contributed by atoms with Crippen LogP contribution < -0.4 is 0 Å². The highest BCUT2D eigenvalue weighted by molar-refractivity contribution is 5.83. The molecule has 1 heteroatoms. The fourth-order valence-electron chi connectivity index (χ4n) is 2.28. The molecule has 1 N–H and O–H groups in total. The lowest BCUT2D eigenvalue weighted by atomic mass is 10.1. The van der Waals surface area contributed by atoms with E-state index in [2.05, 4.69) is 68.4 Å². The number of allylic oxidation sites excluding steroid dienone is 4. The van der Waals surface area contributed by atoms with E-state index in [1.165, 1.54) is 27.6 Å². The number of para-hydroxylation sites is 1. The Morgan fingerprint density at radius 3 is 2.68 bits per heavy atom. The number of nitrogens with one attached hydrogen (secondary N) is 1. The van der Waals surface area contributed by atoms with E-state index < -0.39 is 0 Å². The van der Waals surface area contributed by atoms with E-state index >= 15 is 0 Å². The second kappa shape index (κ2) is 6.42. The van der Waals surface area contributed by atoms with Crippen molar-refractivity contribution in [2.24, 2.45) is 0 Å². The number of benzene rings is 1. The van der Waals surface area contributed by atoms with Gasteiger partial charge in [0.25, 0.3) is 0 Å². The number of fused-ring (bicyclic) bond motifs is 1. The van der Waals surface area contributed by atoms with Crippen molar-refractivity contribution in [1.82, 2.24) is 4.98 Å². The topological polar surface area (TPSA) is 15.8 Å². The number of rotatable bonds is 5. The number of hydrogen-bond acceptors (Lipinski definition) is 0. The Labute approximate surface area is 116 Å². The molecule has 2 rings (SSSR count). The van der Waals surface area contributed by atoms with Crippen molar-refractivity contribution in [3.63, 3.8) is 0 Å². The summed E-state index contributed by atoms with van der Waals surface area (Å²) in [6, 6.07) is 8.49. The van der Waals surface area contributed by atoms with Crippen LogP contribution in [0.25, 0.3) is 10.9 Å². The number of H-pyrrole nitrogens is 1. The minimum absolute atomic E-state index is 1.02. The van der Waals surface area contributed by atoms with E-state index in [9.17, 15) is 0 Å². The van der Waals surface area contributed by atoms with Crippen molar-refractivity contribution in [2.75, 3.05) is 0 Å². The third kappa shape index (κ3) is 3.85. The summed E-state index contributed by atoms with van der Waals surface area (Å²) in [5, 5.41) is 1.34. The maximum absolute atomic E-state index is 3.33. The summed E-state index contributed by atoms with van der Waals surface area (Å²) in [6.07, 6.45) is 10.1.